The van der Waals surface area contributed by atoms with Gasteiger partial charge in [-0.05, 0) is 44.0 Å². The topological polar surface area (TPSA) is 70.1 Å². The number of nitrogens with zero attached hydrogens (tertiary/aromatic N) is 2. The molecule has 0 unspecified atom stereocenters. The molecule has 2 aliphatic rings. The molecule has 0 bridgehead atoms. The molecule has 4 rings (SSSR count). The zero-order valence-electron chi connectivity index (χ0n) is 16.1. The van der Waals surface area contributed by atoms with Crippen LogP contribution in [0.15, 0.2) is 59.1 Å². The number of nitrogens with two attached hydrogens (primary N) is 1. The molecule has 1 aliphatic heterocycles. The van der Waals surface area contributed by atoms with E-state index in [1.807, 2.05) is 19.1 Å². The number of thiophene rings is 1. The fraction of sp³-hybridized carbons (Fsp3) is 0.273. The molecule has 0 amide bonds. The first-order valence-electron chi connectivity index (χ1n) is 9.42. The number of alkyl halides is 3. The number of hydrogen-bond donors (Lipinski definition) is 1. The predicted octanol–water partition coefficient (Wildman–Crippen LogP) is 5.38. The highest BCUT2D eigenvalue weighted by molar-refractivity contribution is 7.12. The number of para-hydroxylation sites is 1. The Morgan fingerprint density at radius 2 is 1.93 bits per heavy atom. The zero-order valence-corrected chi connectivity index (χ0v) is 16.9. The number of hydrogen-bond acceptors (Lipinski definition) is 5. The number of benzene rings is 1. The van der Waals surface area contributed by atoms with Gasteiger partial charge in [0, 0.05) is 27.4 Å². The van der Waals surface area contributed by atoms with Crippen molar-refractivity contribution in [2.45, 2.75) is 38.3 Å². The van der Waals surface area contributed by atoms with Gasteiger partial charge in [-0.25, -0.2) is 0 Å². The lowest BCUT2D eigenvalue weighted by Crippen LogP contribution is -2.39. The van der Waals surface area contributed by atoms with Crippen LogP contribution < -0.4 is 10.6 Å². The fourth-order valence-electron chi connectivity index (χ4n) is 4.16. The first-order chi connectivity index (χ1) is 14.2. The molecule has 0 radical (unpaired) electrons. The van der Waals surface area contributed by atoms with Crippen LogP contribution in [0.25, 0.3) is 0 Å². The number of anilines is 1. The quantitative estimate of drug-likeness (QED) is 0.696. The normalized spacial score (nSPS) is 19.8. The molecule has 1 aromatic carbocycles. The monoisotopic (exact) mass is 429 g/mol. The van der Waals surface area contributed by atoms with Crippen LogP contribution in [-0.2, 0) is 11.0 Å². The molecule has 8 heteroatoms. The Kier molecular flexibility index (Phi) is 4.94. The van der Waals surface area contributed by atoms with Gasteiger partial charge in [-0.1, -0.05) is 12.1 Å². The summed E-state index contributed by atoms with van der Waals surface area (Å²) in [7, 11) is 0. The second-order valence-electron chi connectivity index (χ2n) is 7.28. The van der Waals surface area contributed by atoms with Crippen molar-refractivity contribution in [1.82, 2.24) is 0 Å². The van der Waals surface area contributed by atoms with E-state index in [-0.39, 0.29) is 22.9 Å². The largest absolute Gasteiger partial charge is 0.418 e. The van der Waals surface area contributed by atoms with Gasteiger partial charge < -0.3 is 5.73 Å². The number of halogens is 3. The van der Waals surface area contributed by atoms with Gasteiger partial charge >= 0.3 is 6.18 Å². The SMILES string of the molecule is Cc1ccc([C@H]2C(C#N)=C(N)N(c3ccccc3C(F)(F)F)C3=C2C(=O)CCC3)s1. The number of carbonyl (C=O) groups is 1. The van der Waals surface area contributed by atoms with Crippen molar-refractivity contribution in [2.24, 2.45) is 5.73 Å². The number of rotatable bonds is 2. The number of aryl methyl sites for hydroxylation is 1. The van der Waals surface area contributed by atoms with Gasteiger partial charge in [0.15, 0.2) is 5.78 Å². The molecule has 1 aromatic heterocycles. The molecule has 30 heavy (non-hydrogen) atoms. The van der Waals surface area contributed by atoms with Crippen LogP contribution in [-0.4, -0.2) is 5.78 Å². The highest BCUT2D eigenvalue weighted by Crippen LogP contribution is 2.49. The summed E-state index contributed by atoms with van der Waals surface area (Å²) in [6.45, 7) is 1.92. The van der Waals surface area contributed by atoms with E-state index in [2.05, 4.69) is 6.07 Å². The molecule has 4 nitrogen and oxygen atoms in total. The van der Waals surface area contributed by atoms with E-state index in [0.717, 1.165) is 15.8 Å². The first-order valence-corrected chi connectivity index (χ1v) is 10.2. The molecule has 0 saturated heterocycles. The fourth-order valence-corrected chi connectivity index (χ4v) is 5.16. The molecular formula is C22H18F3N3OS. The van der Waals surface area contributed by atoms with E-state index >= 15 is 0 Å². The van der Waals surface area contributed by atoms with E-state index in [1.54, 1.807) is 0 Å². The summed E-state index contributed by atoms with van der Waals surface area (Å²) >= 11 is 1.45. The molecule has 2 N–H and O–H groups in total. The zero-order chi connectivity index (χ0) is 21.6. The van der Waals surface area contributed by atoms with Crippen molar-refractivity contribution in [3.8, 4) is 6.07 Å². The summed E-state index contributed by atoms with van der Waals surface area (Å²) in [6, 6.07) is 10.9. The third-order valence-corrected chi connectivity index (χ3v) is 6.47. The van der Waals surface area contributed by atoms with Crippen LogP contribution in [0.1, 0.15) is 40.5 Å². The van der Waals surface area contributed by atoms with Crippen LogP contribution >= 0.6 is 11.3 Å². The average molecular weight is 429 g/mol. The minimum atomic E-state index is -4.61. The van der Waals surface area contributed by atoms with E-state index < -0.39 is 17.7 Å². The second-order valence-corrected chi connectivity index (χ2v) is 8.60. The highest BCUT2D eigenvalue weighted by atomic mass is 32.1. The Labute approximate surface area is 175 Å². The first kappa shape index (κ1) is 20.2. The van der Waals surface area contributed by atoms with Gasteiger partial charge in [-0.2, -0.15) is 18.4 Å². The summed E-state index contributed by atoms with van der Waals surface area (Å²) in [5, 5.41) is 9.90. The van der Waals surface area contributed by atoms with Crippen LogP contribution in [0.5, 0.6) is 0 Å². The van der Waals surface area contributed by atoms with Gasteiger partial charge in [-0.3, -0.25) is 9.69 Å². The van der Waals surface area contributed by atoms with Crippen LogP contribution in [0.2, 0.25) is 0 Å². The van der Waals surface area contributed by atoms with Gasteiger partial charge in [0.2, 0.25) is 0 Å². The standard InChI is InChI=1S/C22H18F3N3OS/c1-12-9-10-18(30-12)19-13(11-26)21(27)28(16-7-4-8-17(29)20(16)19)15-6-3-2-5-14(15)22(23,24)25/h2-3,5-6,9-10,19H,4,7-8,27H2,1H3/t19-/m1/s1. The van der Waals surface area contributed by atoms with Crippen molar-refractivity contribution in [3.63, 3.8) is 0 Å². The number of Topliss-reactive ketones (excluding diaryl/α,β-unsaturated/α-hetero) is 1. The number of ketones is 1. The maximum atomic E-state index is 13.7. The summed E-state index contributed by atoms with van der Waals surface area (Å²) in [5.74, 6) is -0.855. The summed E-state index contributed by atoms with van der Waals surface area (Å²) in [6.07, 6.45) is -3.38. The Bertz CT molecular complexity index is 1140. The minimum Gasteiger partial charge on any atom is -0.384 e. The smallest absolute Gasteiger partial charge is 0.384 e. The third kappa shape index (κ3) is 3.19. The van der Waals surface area contributed by atoms with E-state index in [1.165, 1.54) is 34.4 Å². The van der Waals surface area contributed by atoms with E-state index in [0.29, 0.717) is 30.5 Å². The van der Waals surface area contributed by atoms with Gasteiger partial charge in [-0.15, -0.1) is 11.3 Å². The number of carbonyl (C=O) groups excluding carboxylic acids is 1. The maximum Gasteiger partial charge on any atom is 0.418 e. The maximum absolute atomic E-state index is 13.7. The second kappa shape index (κ2) is 7.33. The lowest BCUT2D eigenvalue weighted by atomic mass is 9.78. The Hall–Kier alpha value is -3.05. The van der Waals surface area contributed by atoms with Crippen molar-refractivity contribution >= 4 is 22.8 Å². The third-order valence-electron chi connectivity index (χ3n) is 5.41. The lowest BCUT2D eigenvalue weighted by Gasteiger charge is -2.40. The van der Waals surface area contributed by atoms with Gasteiger partial charge in [0.25, 0.3) is 0 Å². The summed E-state index contributed by atoms with van der Waals surface area (Å²) in [5.41, 5.74) is 6.25. The molecule has 1 aliphatic carbocycles. The molecule has 1 atom stereocenters. The summed E-state index contributed by atoms with van der Waals surface area (Å²) < 4.78 is 41.2. The number of nitriles is 1. The molecule has 154 valence electrons. The van der Waals surface area contributed by atoms with Crippen molar-refractivity contribution < 1.29 is 18.0 Å². The summed E-state index contributed by atoms with van der Waals surface area (Å²) in [4.78, 5) is 16.0. The molecule has 0 saturated carbocycles. The van der Waals surface area contributed by atoms with Gasteiger partial charge in [0.1, 0.15) is 5.82 Å². The van der Waals surface area contributed by atoms with Crippen molar-refractivity contribution in [3.05, 3.63) is 74.4 Å². The lowest BCUT2D eigenvalue weighted by molar-refractivity contribution is -0.137. The van der Waals surface area contributed by atoms with Crippen molar-refractivity contribution in [1.29, 1.82) is 5.26 Å². The van der Waals surface area contributed by atoms with Crippen LogP contribution in [0.3, 0.4) is 0 Å². The molecular weight excluding hydrogens is 411 g/mol. The predicted molar refractivity (Wildman–Crippen MR) is 108 cm³/mol. The van der Waals surface area contributed by atoms with Gasteiger partial charge in [0.05, 0.1) is 28.8 Å². The molecule has 0 fully saturated rings. The van der Waals surface area contributed by atoms with E-state index in [4.69, 9.17) is 5.73 Å². The van der Waals surface area contributed by atoms with Crippen LogP contribution in [0.4, 0.5) is 18.9 Å². The average Bonchev–Trinajstić information content (AvgIpc) is 3.12. The Morgan fingerprint density at radius 3 is 2.57 bits per heavy atom. The van der Waals surface area contributed by atoms with Crippen LogP contribution in [0, 0.1) is 18.3 Å². The molecule has 2 heterocycles. The van der Waals surface area contributed by atoms with E-state index in [9.17, 15) is 23.2 Å². The Balaban J connectivity index is 2.01. The van der Waals surface area contributed by atoms with Crippen molar-refractivity contribution in [2.75, 3.05) is 4.90 Å². The number of allylic oxidation sites excluding steroid dienone is 3. The molecule has 0 spiro atoms. The Morgan fingerprint density at radius 1 is 1.20 bits per heavy atom. The molecule has 2 aromatic rings. The minimum absolute atomic E-state index is 0.0568. The highest BCUT2D eigenvalue weighted by Gasteiger charge is 2.43.